The van der Waals surface area contributed by atoms with E-state index in [1.54, 1.807) is 54.8 Å². The van der Waals surface area contributed by atoms with Crippen LogP contribution < -0.4 is 10.6 Å². The molecule has 0 unspecified atom stereocenters. The highest BCUT2D eigenvalue weighted by Gasteiger charge is 2.16. The zero-order valence-corrected chi connectivity index (χ0v) is 15.9. The molecule has 0 atom stereocenters. The molecule has 0 aliphatic heterocycles. The van der Waals surface area contributed by atoms with E-state index in [-0.39, 0.29) is 12.5 Å². The Kier molecular flexibility index (Phi) is 6.23. The van der Waals surface area contributed by atoms with Gasteiger partial charge >= 0.3 is 5.97 Å². The number of ether oxygens (including phenoxy) is 1. The number of anilines is 1. The van der Waals surface area contributed by atoms with Gasteiger partial charge in [-0.2, -0.15) is 0 Å². The summed E-state index contributed by atoms with van der Waals surface area (Å²) in [7, 11) is 0. The fraction of sp³-hybridized carbons (Fsp3) is 0.150. The highest BCUT2D eigenvalue weighted by Crippen LogP contribution is 2.17. The molecule has 3 rings (SSSR count). The van der Waals surface area contributed by atoms with Crippen molar-refractivity contribution in [3.05, 3.63) is 75.9 Å². The number of carbonyl (C=O) groups excluding carboxylic acids is 3. The summed E-state index contributed by atoms with van der Waals surface area (Å²) < 4.78 is 10.2. The van der Waals surface area contributed by atoms with Gasteiger partial charge in [0.2, 0.25) is 0 Å². The van der Waals surface area contributed by atoms with Crippen LogP contribution in [0.5, 0.6) is 0 Å². The highest BCUT2D eigenvalue weighted by atomic mass is 32.1. The van der Waals surface area contributed by atoms with E-state index in [2.05, 4.69) is 10.6 Å². The monoisotopic (exact) mass is 398 g/mol. The Balaban J connectivity index is 1.57. The minimum Gasteiger partial charge on any atom is -0.467 e. The summed E-state index contributed by atoms with van der Waals surface area (Å²) in [6, 6.07) is 11.9. The molecule has 2 aromatic heterocycles. The van der Waals surface area contributed by atoms with E-state index in [1.165, 1.54) is 17.6 Å². The van der Waals surface area contributed by atoms with Gasteiger partial charge in [0, 0.05) is 0 Å². The lowest BCUT2D eigenvalue weighted by Crippen LogP contribution is -2.26. The third kappa shape index (κ3) is 4.86. The van der Waals surface area contributed by atoms with Crippen LogP contribution in [0.4, 0.5) is 5.69 Å². The quantitative estimate of drug-likeness (QED) is 0.595. The van der Waals surface area contributed by atoms with Gasteiger partial charge in [-0.05, 0) is 48.2 Å². The van der Waals surface area contributed by atoms with Gasteiger partial charge in [0.15, 0.2) is 6.61 Å². The van der Waals surface area contributed by atoms with Crippen LogP contribution in [0.15, 0.2) is 58.5 Å². The second kappa shape index (κ2) is 9.01. The maximum Gasteiger partial charge on any atom is 0.349 e. The second-order valence-corrected chi connectivity index (χ2v) is 6.78. The zero-order valence-electron chi connectivity index (χ0n) is 15.1. The number of rotatable bonds is 7. The van der Waals surface area contributed by atoms with Gasteiger partial charge in [-0.25, -0.2) is 4.79 Å². The molecule has 0 aliphatic carbocycles. The van der Waals surface area contributed by atoms with Gasteiger partial charge in [0.05, 0.1) is 24.1 Å². The number of thiophene rings is 1. The van der Waals surface area contributed by atoms with Gasteiger partial charge in [-0.3, -0.25) is 9.59 Å². The summed E-state index contributed by atoms with van der Waals surface area (Å²) >= 11 is 1.26. The molecule has 2 N–H and O–H groups in total. The Morgan fingerprint density at radius 1 is 1.11 bits per heavy atom. The summed E-state index contributed by atoms with van der Waals surface area (Å²) in [6.07, 6.45) is 1.52. The molecule has 0 saturated carbocycles. The van der Waals surface area contributed by atoms with E-state index in [0.717, 1.165) is 5.56 Å². The van der Waals surface area contributed by atoms with Crippen LogP contribution in [0.3, 0.4) is 0 Å². The summed E-state index contributed by atoms with van der Waals surface area (Å²) in [5.74, 6) is -0.829. The molecular formula is C20H18N2O5S. The van der Waals surface area contributed by atoms with Crippen LogP contribution in [-0.2, 0) is 16.1 Å². The van der Waals surface area contributed by atoms with E-state index in [0.29, 0.717) is 21.9 Å². The van der Waals surface area contributed by atoms with Crippen molar-refractivity contribution in [3.63, 3.8) is 0 Å². The lowest BCUT2D eigenvalue weighted by Gasteiger charge is -2.11. The lowest BCUT2D eigenvalue weighted by molar-refractivity contribution is -0.119. The minimum atomic E-state index is -0.549. The molecule has 0 bridgehead atoms. The standard InChI is InChI=1S/C20H18N2O5S/c1-13-8-10-28-18(13)20(25)27-12-17(23)22-16-7-3-2-6-15(16)19(24)21-11-14-5-4-9-26-14/h2-10H,11-12H2,1H3,(H,21,24)(H,22,23). The number of hydrogen-bond donors (Lipinski definition) is 2. The average molecular weight is 398 g/mol. The van der Waals surface area contributed by atoms with Crippen molar-refractivity contribution in [1.29, 1.82) is 0 Å². The van der Waals surface area contributed by atoms with Crippen molar-refractivity contribution >= 4 is 34.8 Å². The van der Waals surface area contributed by atoms with Gasteiger partial charge in [-0.1, -0.05) is 12.1 Å². The number of esters is 1. The van der Waals surface area contributed by atoms with Gasteiger partial charge in [-0.15, -0.1) is 11.3 Å². The van der Waals surface area contributed by atoms with Crippen LogP contribution in [0.2, 0.25) is 0 Å². The SMILES string of the molecule is Cc1ccsc1C(=O)OCC(=O)Nc1ccccc1C(=O)NCc1ccco1. The number of furan rings is 1. The predicted octanol–water partition coefficient (Wildman–Crippen LogP) is 3.38. The van der Waals surface area contributed by atoms with Crippen molar-refractivity contribution in [3.8, 4) is 0 Å². The third-order valence-electron chi connectivity index (χ3n) is 3.83. The smallest absolute Gasteiger partial charge is 0.349 e. The van der Waals surface area contributed by atoms with Crippen LogP contribution in [-0.4, -0.2) is 24.4 Å². The summed E-state index contributed by atoms with van der Waals surface area (Å²) in [5.41, 5.74) is 1.42. The molecule has 7 nitrogen and oxygen atoms in total. The van der Waals surface area contributed by atoms with E-state index < -0.39 is 18.5 Å². The molecule has 2 heterocycles. The summed E-state index contributed by atoms with van der Waals surface area (Å²) in [6.45, 7) is 1.58. The first-order valence-corrected chi connectivity index (χ1v) is 9.33. The summed E-state index contributed by atoms with van der Waals surface area (Å²) in [5, 5.41) is 7.11. The molecule has 0 aliphatic rings. The number of amides is 2. The van der Waals surface area contributed by atoms with E-state index in [9.17, 15) is 14.4 Å². The Morgan fingerprint density at radius 2 is 1.93 bits per heavy atom. The molecule has 28 heavy (non-hydrogen) atoms. The largest absolute Gasteiger partial charge is 0.467 e. The maximum atomic E-state index is 12.4. The Bertz CT molecular complexity index is 978. The number of carbonyl (C=O) groups is 3. The van der Waals surface area contributed by atoms with Crippen LogP contribution >= 0.6 is 11.3 Å². The first kappa shape index (κ1) is 19.4. The van der Waals surface area contributed by atoms with Crippen LogP contribution in [0, 0.1) is 6.92 Å². The van der Waals surface area contributed by atoms with E-state index in [4.69, 9.17) is 9.15 Å². The summed E-state index contributed by atoms with van der Waals surface area (Å²) in [4.78, 5) is 37.0. The van der Waals surface area contributed by atoms with E-state index >= 15 is 0 Å². The second-order valence-electron chi connectivity index (χ2n) is 5.86. The number of hydrogen-bond acceptors (Lipinski definition) is 6. The Morgan fingerprint density at radius 3 is 2.64 bits per heavy atom. The third-order valence-corrected chi connectivity index (χ3v) is 4.83. The Labute approximate surface area is 165 Å². The topological polar surface area (TPSA) is 97.6 Å². The minimum absolute atomic E-state index is 0.228. The molecular weight excluding hydrogens is 380 g/mol. The van der Waals surface area contributed by atoms with E-state index in [1.807, 2.05) is 0 Å². The first-order valence-electron chi connectivity index (χ1n) is 8.45. The van der Waals surface area contributed by atoms with Crippen molar-refractivity contribution in [1.82, 2.24) is 5.32 Å². The number of aryl methyl sites for hydroxylation is 1. The lowest BCUT2D eigenvalue weighted by atomic mass is 10.1. The van der Waals surface area contributed by atoms with Crippen molar-refractivity contribution in [2.24, 2.45) is 0 Å². The van der Waals surface area contributed by atoms with Crippen molar-refractivity contribution in [2.45, 2.75) is 13.5 Å². The zero-order chi connectivity index (χ0) is 19.9. The molecule has 0 fully saturated rings. The molecule has 2 amide bonds. The maximum absolute atomic E-state index is 12.4. The van der Waals surface area contributed by atoms with Gasteiger partial charge in [0.25, 0.3) is 11.8 Å². The molecule has 0 saturated heterocycles. The predicted molar refractivity (Wildman–Crippen MR) is 104 cm³/mol. The molecule has 8 heteroatoms. The first-order chi connectivity index (χ1) is 13.5. The fourth-order valence-corrected chi connectivity index (χ4v) is 3.25. The molecule has 0 spiro atoms. The Hall–Kier alpha value is -3.39. The molecule has 0 radical (unpaired) electrons. The average Bonchev–Trinajstić information content (AvgIpc) is 3.36. The highest BCUT2D eigenvalue weighted by molar-refractivity contribution is 7.12. The fourth-order valence-electron chi connectivity index (χ4n) is 2.43. The van der Waals surface area contributed by atoms with Crippen LogP contribution in [0.25, 0.3) is 0 Å². The number of para-hydroxylation sites is 1. The van der Waals surface area contributed by atoms with Gasteiger partial charge in [0.1, 0.15) is 10.6 Å². The normalized spacial score (nSPS) is 10.3. The number of nitrogens with one attached hydrogen (secondary N) is 2. The van der Waals surface area contributed by atoms with Gasteiger partial charge < -0.3 is 19.8 Å². The molecule has 144 valence electrons. The van der Waals surface area contributed by atoms with Crippen molar-refractivity contribution in [2.75, 3.05) is 11.9 Å². The van der Waals surface area contributed by atoms with Crippen LogP contribution in [0.1, 0.15) is 31.4 Å². The molecule has 1 aromatic carbocycles. The number of benzene rings is 1. The van der Waals surface area contributed by atoms with Crippen molar-refractivity contribution < 1.29 is 23.5 Å². The molecule has 3 aromatic rings.